The molecule has 8 nitrogen and oxygen atoms in total. The Balaban J connectivity index is 2.63. The maximum absolute atomic E-state index is 10.5. The molecule has 0 radical (unpaired) electrons. The lowest BCUT2D eigenvalue weighted by Crippen LogP contribution is -2.49. The topological polar surface area (TPSA) is 139 Å². The predicted molar refractivity (Wildman–Crippen MR) is 58.3 cm³/mol. The molecule has 96 valence electrons. The van der Waals surface area contributed by atoms with Crippen LogP contribution in [0.5, 0.6) is 0 Å². The second-order valence-corrected chi connectivity index (χ2v) is 4.14. The highest BCUT2D eigenvalue weighted by Crippen LogP contribution is 2.39. The van der Waals surface area contributed by atoms with Crippen LogP contribution >= 0.6 is 0 Å². The zero-order chi connectivity index (χ0) is 12.8. The minimum atomic E-state index is -1.30. The average molecular weight is 244 g/mol. The molecule has 1 saturated carbocycles. The van der Waals surface area contributed by atoms with E-state index in [4.69, 9.17) is 15.7 Å². The molecule has 0 unspecified atom stereocenters. The summed E-state index contributed by atoms with van der Waals surface area (Å²) in [5.74, 6) is -0.0740. The molecule has 1 aliphatic rings. The highest BCUT2D eigenvalue weighted by Gasteiger charge is 2.38. The van der Waals surface area contributed by atoms with Gasteiger partial charge < -0.3 is 20.6 Å². The van der Waals surface area contributed by atoms with Crippen molar-refractivity contribution in [1.82, 2.24) is 5.32 Å². The number of nitrogens with one attached hydrogen (secondary N) is 1. The fraction of sp³-hybridized carbons (Fsp3) is 0.889. The molecular weight excluding hydrogens is 228 g/mol. The van der Waals surface area contributed by atoms with Gasteiger partial charge in [0.05, 0.1) is 18.8 Å². The van der Waals surface area contributed by atoms with Crippen LogP contribution in [0.2, 0.25) is 0 Å². The van der Waals surface area contributed by atoms with Crippen LogP contribution in [0.25, 0.3) is 10.4 Å². The molecular formula is C9H16N4O4. The Morgan fingerprint density at radius 2 is 2.24 bits per heavy atom. The molecule has 17 heavy (non-hydrogen) atoms. The monoisotopic (exact) mass is 244 g/mol. The van der Waals surface area contributed by atoms with Gasteiger partial charge in [-0.15, -0.1) is 0 Å². The predicted octanol–water partition coefficient (Wildman–Crippen LogP) is 0.312. The Morgan fingerprint density at radius 3 is 2.65 bits per heavy atom. The van der Waals surface area contributed by atoms with Gasteiger partial charge in [0, 0.05) is 11.5 Å². The van der Waals surface area contributed by atoms with Gasteiger partial charge in [-0.3, -0.25) is 0 Å². The van der Waals surface area contributed by atoms with Crippen LogP contribution in [0.3, 0.4) is 0 Å². The summed E-state index contributed by atoms with van der Waals surface area (Å²) in [7, 11) is 0. The third-order valence-electron chi connectivity index (χ3n) is 2.94. The number of hydrogen-bond donors (Lipinski definition) is 4. The van der Waals surface area contributed by atoms with E-state index >= 15 is 0 Å². The van der Waals surface area contributed by atoms with Crippen molar-refractivity contribution < 1.29 is 20.1 Å². The molecule has 8 heteroatoms. The van der Waals surface area contributed by atoms with Crippen molar-refractivity contribution >= 4 is 6.09 Å². The number of aliphatic hydroxyl groups excluding tert-OH is 2. The molecule has 1 rings (SSSR count). The summed E-state index contributed by atoms with van der Waals surface area (Å²) in [5, 5.41) is 33.0. The van der Waals surface area contributed by atoms with E-state index in [9.17, 15) is 9.90 Å². The summed E-state index contributed by atoms with van der Waals surface area (Å²) < 4.78 is 0. The molecule has 1 fully saturated rings. The van der Waals surface area contributed by atoms with E-state index in [0.717, 1.165) is 12.8 Å². The Kier molecular flexibility index (Phi) is 5.02. The van der Waals surface area contributed by atoms with E-state index in [1.54, 1.807) is 0 Å². The van der Waals surface area contributed by atoms with Crippen molar-refractivity contribution in [2.45, 2.75) is 25.0 Å². The molecule has 0 spiro atoms. The molecule has 3 atom stereocenters. The summed E-state index contributed by atoms with van der Waals surface area (Å²) in [6, 6.07) is -0.952. The maximum atomic E-state index is 10.5. The van der Waals surface area contributed by atoms with Crippen LogP contribution in [0.4, 0.5) is 4.79 Å². The van der Waals surface area contributed by atoms with Crippen molar-refractivity contribution in [3.05, 3.63) is 10.4 Å². The molecule has 1 amide bonds. The summed E-state index contributed by atoms with van der Waals surface area (Å²) in [5.41, 5.74) is 8.26. The quantitative estimate of drug-likeness (QED) is 0.291. The summed E-state index contributed by atoms with van der Waals surface area (Å²) in [6.07, 6.45) is -0.502. The first-order chi connectivity index (χ1) is 8.10. The maximum Gasteiger partial charge on any atom is 0.405 e. The van der Waals surface area contributed by atoms with Crippen LogP contribution in [-0.4, -0.2) is 46.7 Å². The standard InChI is InChI=1S/C9H16N4O4/c10-13-11-3-6(5-1-2-5)8(15)7(4-14)12-9(16)17/h5-8,12,14-15H,1-4H2,(H,16,17)/t6-,7-,8+/m1/s1. The molecule has 1 aliphatic carbocycles. The molecule has 0 saturated heterocycles. The van der Waals surface area contributed by atoms with E-state index in [-0.39, 0.29) is 18.4 Å². The first kappa shape index (κ1) is 13.6. The van der Waals surface area contributed by atoms with Crippen LogP contribution < -0.4 is 5.32 Å². The fourth-order valence-corrected chi connectivity index (χ4v) is 1.89. The third-order valence-corrected chi connectivity index (χ3v) is 2.94. The zero-order valence-electron chi connectivity index (χ0n) is 9.23. The largest absolute Gasteiger partial charge is 0.465 e. The lowest BCUT2D eigenvalue weighted by molar-refractivity contribution is 0.0386. The molecule has 4 N–H and O–H groups in total. The van der Waals surface area contributed by atoms with Crippen LogP contribution in [-0.2, 0) is 0 Å². The lowest BCUT2D eigenvalue weighted by atomic mass is 9.92. The van der Waals surface area contributed by atoms with Crippen molar-refractivity contribution in [3.63, 3.8) is 0 Å². The second-order valence-electron chi connectivity index (χ2n) is 4.14. The number of rotatable bonds is 7. The van der Waals surface area contributed by atoms with Crippen LogP contribution in [0.1, 0.15) is 12.8 Å². The van der Waals surface area contributed by atoms with Gasteiger partial charge in [-0.25, -0.2) is 4.79 Å². The number of carboxylic acid groups (broad SMARTS) is 1. The molecule has 0 aromatic carbocycles. The average Bonchev–Trinajstić information content (AvgIpc) is 3.10. The number of aliphatic hydroxyl groups is 2. The van der Waals surface area contributed by atoms with Crippen molar-refractivity contribution in [2.75, 3.05) is 13.2 Å². The van der Waals surface area contributed by atoms with Gasteiger partial charge in [0.15, 0.2) is 0 Å². The normalized spacial score (nSPS) is 19.9. The fourth-order valence-electron chi connectivity index (χ4n) is 1.89. The molecule has 0 bridgehead atoms. The number of nitrogens with zero attached hydrogens (tertiary/aromatic N) is 3. The van der Waals surface area contributed by atoms with Gasteiger partial charge in [-0.05, 0) is 30.2 Å². The highest BCUT2D eigenvalue weighted by atomic mass is 16.4. The molecule has 0 aromatic rings. The van der Waals surface area contributed by atoms with E-state index in [0.29, 0.717) is 0 Å². The first-order valence-electron chi connectivity index (χ1n) is 5.39. The Bertz CT molecular complexity index is 314. The molecule has 0 aromatic heterocycles. The number of carbonyl (C=O) groups is 1. The van der Waals surface area contributed by atoms with Crippen LogP contribution in [0, 0.1) is 11.8 Å². The minimum Gasteiger partial charge on any atom is -0.465 e. The van der Waals surface area contributed by atoms with Crippen molar-refractivity contribution in [3.8, 4) is 0 Å². The lowest BCUT2D eigenvalue weighted by Gasteiger charge is -2.27. The smallest absolute Gasteiger partial charge is 0.405 e. The minimum absolute atomic E-state index is 0.111. The van der Waals surface area contributed by atoms with E-state index in [2.05, 4.69) is 15.3 Å². The SMILES string of the molecule is [N-]=[N+]=NC[C@H](C1CC1)[C@H](O)[C@@H](CO)NC(=O)O. The van der Waals surface area contributed by atoms with Gasteiger partial charge >= 0.3 is 6.09 Å². The van der Waals surface area contributed by atoms with Crippen molar-refractivity contribution in [2.24, 2.45) is 17.0 Å². The third kappa shape index (κ3) is 4.10. The van der Waals surface area contributed by atoms with E-state index < -0.39 is 24.8 Å². The number of hydrogen-bond acceptors (Lipinski definition) is 4. The van der Waals surface area contributed by atoms with Gasteiger partial charge in [-0.1, -0.05) is 5.11 Å². The number of amides is 1. The summed E-state index contributed by atoms with van der Waals surface area (Å²) in [6.45, 7) is -0.382. The molecule has 0 aliphatic heterocycles. The Labute approximate surface area is 97.9 Å². The second kappa shape index (κ2) is 6.29. The molecule has 0 heterocycles. The number of azide groups is 1. The van der Waals surface area contributed by atoms with Gasteiger partial charge in [-0.2, -0.15) is 0 Å². The Hall–Kier alpha value is -1.50. The van der Waals surface area contributed by atoms with Crippen molar-refractivity contribution in [1.29, 1.82) is 0 Å². The van der Waals surface area contributed by atoms with Gasteiger partial charge in [0.2, 0.25) is 0 Å². The van der Waals surface area contributed by atoms with Gasteiger partial charge in [0.25, 0.3) is 0 Å². The van der Waals surface area contributed by atoms with E-state index in [1.165, 1.54) is 0 Å². The van der Waals surface area contributed by atoms with Gasteiger partial charge in [0.1, 0.15) is 0 Å². The Morgan fingerprint density at radius 1 is 1.59 bits per heavy atom. The summed E-state index contributed by atoms with van der Waals surface area (Å²) in [4.78, 5) is 13.1. The highest BCUT2D eigenvalue weighted by molar-refractivity contribution is 5.64. The van der Waals surface area contributed by atoms with E-state index in [1.807, 2.05) is 0 Å². The zero-order valence-corrected chi connectivity index (χ0v) is 9.23. The summed E-state index contributed by atoms with van der Waals surface area (Å²) >= 11 is 0. The first-order valence-corrected chi connectivity index (χ1v) is 5.39. The van der Waals surface area contributed by atoms with Crippen LogP contribution in [0.15, 0.2) is 5.11 Å².